The van der Waals surface area contributed by atoms with Crippen LogP contribution < -0.4 is 9.47 Å². The minimum atomic E-state index is -0.0877. The van der Waals surface area contributed by atoms with Crippen LogP contribution in [0.15, 0.2) is 30.3 Å². The maximum atomic E-state index is 12.2. The van der Waals surface area contributed by atoms with Crippen LogP contribution in [0.25, 0.3) is 6.08 Å². The molecule has 21 heavy (non-hydrogen) atoms. The summed E-state index contributed by atoms with van der Waals surface area (Å²) < 4.78 is 12.7. The van der Waals surface area contributed by atoms with Gasteiger partial charge in [-0.05, 0) is 43.3 Å². The quantitative estimate of drug-likeness (QED) is 0.641. The van der Waals surface area contributed by atoms with Crippen LogP contribution in [0.2, 0.25) is 0 Å². The summed E-state index contributed by atoms with van der Waals surface area (Å²) in [6.07, 6.45) is 3.24. The number of fused-ring (bicyclic) bond motifs is 1. The molecule has 3 rings (SSSR count). The summed E-state index contributed by atoms with van der Waals surface area (Å²) >= 11 is 0. The van der Waals surface area contributed by atoms with Crippen molar-refractivity contribution < 1.29 is 14.3 Å². The van der Waals surface area contributed by atoms with Gasteiger partial charge >= 0.3 is 0 Å². The summed E-state index contributed by atoms with van der Waals surface area (Å²) in [5.74, 6) is 1.21. The van der Waals surface area contributed by atoms with E-state index < -0.39 is 0 Å². The van der Waals surface area contributed by atoms with Gasteiger partial charge in [-0.2, -0.15) is 5.10 Å². The summed E-state index contributed by atoms with van der Waals surface area (Å²) in [4.78, 5) is 12.2. The van der Waals surface area contributed by atoms with Crippen LogP contribution in [-0.4, -0.2) is 28.8 Å². The average Bonchev–Trinajstić information content (AvgIpc) is 2.83. The van der Waals surface area contributed by atoms with Gasteiger partial charge in [-0.25, -0.2) is 0 Å². The van der Waals surface area contributed by atoms with Crippen molar-refractivity contribution in [1.82, 2.24) is 9.78 Å². The molecule has 0 bridgehead atoms. The van der Waals surface area contributed by atoms with Gasteiger partial charge in [0.25, 0.3) is 0 Å². The largest absolute Gasteiger partial charge is 0.486 e. The van der Waals surface area contributed by atoms with Crippen LogP contribution in [0.1, 0.15) is 21.7 Å². The molecule has 0 atom stereocenters. The number of hydrogen-bond acceptors (Lipinski definition) is 4. The second kappa shape index (κ2) is 5.44. The van der Waals surface area contributed by atoms with Crippen LogP contribution in [-0.2, 0) is 7.05 Å². The zero-order valence-corrected chi connectivity index (χ0v) is 12.0. The highest BCUT2D eigenvalue weighted by Crippen LogP contribution is 2.30. The number of carbonyl (C=O) groups is 1. The van der Waals surface area contributed by atoms with Crippen molar-refractivity contribution in [3.63, 3.8) is 0 Å². The molecule has 0 radical (unpaired) electrons. The molecule has 5 nitrogen and oxygen atoms in total. The predicted molar refractivity (Wildman–Crippen MR) is 78.7 cm³/mol. The van der Waals surface area contributed by atoms with Gasteiger partial charge in [-0.1, -0.05) is 0 Å². The number of ketones is 1. The molecule has 0 spiro atoms. The summed E-state index contributed by atoms with van der Waals surface area (Å²) in [6, 6.07) is 7.14. The van der Waals surface area contributed by atoms with Crippen LogP contribution in [0.5, 0.6) is 11.5 Å². The van der Waals surface area contributed by atoms with Crippen molar-refractivity contribution in [2.75, 3.05) is 13.2 Å². The molecule has 1 aromatic carbocycles. The fraction of sp³-hybridized carbons (Fsp3) is 0.250. The SMILES string of the molecule is Cc1cc(/C=C/C(=O)c2ccc3c(c2)OCCO3)nn1C. The van der Waals surface area contributed by atoms with Crippen LogP contribution in [0, 0.1) is 6.92 Å². The summed E-state index contributed by atoms with van der Waals surface area (Å²) in [5, 5.41) is 4.28. The standard InChI is InChI=1S/C16H16N2O3/c1-11-9-13(17-18(11)2)4-5-14(19)12-3-6-15-16(10-12)21-8-7-20-15/h3-6,9-10H,7-8H2,1-2H3/b5-4+. The van der Waals surface area contributed by atoms with Crippen molar-refractivity contribution in [2.24, 2.45) is 7.05 Å². The molecule has 2 aromatic rings. The lowest BCUT2D eigenvalue weighted by molar-refractivity contribution is 0.104. The number of nitrogens with zero attached hydrogens (tertiary/aromatic N) is 2. The van der Waals surface area contributed by atoms with Gasteiger partial charge in [0.15, 0.2) is 17.3 Å². The molecule has 0 aliphatic carbocycles. The van der Waals surface area contributed by atoms with E-state index in [0.29, 0.717) is 30.3 Å². The van der Waals surface area contributed by atoms with Gasteiger partial charge in [0.1, 0.15) is 13.2 Å². The minimum Gasteiger partial charge on any atom is -0.486 e. The van der Waals surface area contributed by atoms with Crippen molar-refractivity contribution >= 4 is 11.9 Å². The van der Waals surface area contributed by atoms with Gasteiger partial charge in [0.05, 0.1) is 5.69 Å². The molecular formula is C16H16N2O3. The molecule has 108 valence electrons. The topological polar surface area (TPSA) is 53.4 Å². The van der Waals surface area contributed by atoms with Crippen LogP contribution in [0.4, 0.5) is 0 Å². The molecule has 1 aliphatic rings. The van der Waals surface area contributed by atoms with Crippen molar-refractivity contribution in [3.05, 3.63) is 47.3 Å². The lowest BCUT2D eigenvalue weighted by Crippen LogP contribution is -2.15. The lowest BCUT2D eigenvalue weighted by Gasteiger charge is -2.18. The fourth-order valence-electron chi connectivity index (χ4n) is 2.12. The van der Waals surface area contributed by atoms with Crippen LogP contribution >= 0.6 is 0 Å². The molecule has 1 aromatic heterocycles. The third kappa shape index (κ3) is 2.81. The number of benzene rings is 1. The Hall–Kier alpha value is -2.56. The Labute approximate surface area is 122 Å². The van der Waals surface area contributed by atoms with Gasteiger partial charge in [0.2, 0.25) is 0 Å². The number of aryl methyl sites for hydroxylation is 2. The van der Waals surface area contributed by atoms with E-state index in [1.165, 1.54) is 6.08 Å². The third-order valence-corrected chi connectivity index (χ3v) is 3.36. The van der Waals surface area contributed by atoms with E-state index >= 15 is 0 Å². The van der Waals surface area contributed by atoms with Gasteiger partial charge in [-0.3, -0.25) is 9.48 Å². The molecule has 0 saturated carbocycles. The second-order valence-electron chi connectivity index (χ2n) is 4.89. The molecule has 5 heteroatoms. The number of ether oxygens (including phenoxy) is 2. The maximum absolute atomic E-state index is 12.2. The summed E-state index contributed by atoms with van der Waals surface area (Å²) in [5.41, 5.74) is 2.38. The number of rotatable bonds is 3. The zero-order chi connectivity index (χ0) is 14.8. The first-order valence-corrected chi connectivity index (χ1v) is 6.76. The Morgan fingerprint density at radius 2 is 2.00 bits per heavy atom. The number of allylic oxidation sites excluding steroid dienone is 1. The normalized spacial score (nSPS) is 13.6. The Kier molecular flexibility index (Phi) is 3.48. The highest BCUT2D eigenvalue weighted by atomic mass is 16.6. The Morgan fingerprint density at radius 1 is 1.24 bits per heavy atom. The molecule has 0 unspecified atom stereocenters. The molecule has 0 amide bonds. The summed E-state index contributed by atoms with van der Waals surface area (Å²) in [6.45, 7) is 3.01. The average molecular weight is 284 g/mol. The number of hydrogen-bond donors (Lipinski definition) is 0. The van der Waals surface area contributed by atoms with E-state index in [0.717, 1.165) is 11.4 Å². The third-order valence-electron chi connectivity index (χ3n) is 3.36. The van der Waals surface area contributed by atoms with Crippen molar-refractivity contribution in [3.8, 4) is 11.5 Å². The molecule has 2 heterocycles. The van der Waals surface area contributed by atoms with Crippen LogP contribution in [0.3, 0.4) is 0 Å². The highest BCUT2D eigenvalue weighted by molar-refractivity contribution is 6.07. The fourth-order valence-corrected chi connectivity index (χ4v) is 2.12. The molecule has 0 fully saturated rings. The van der Waals surface area contributed by atoms with Crippen molar-refractivity contribution in [2.45, 2.75) is 6.92 Å². The van der Waals surface area contributed by atoms with E-state index in [-0.39, 0.29) is 5.78 Å². The Morgan fingerprint density at radius 3 is 2.71 bits per heavy atom. The van der Waals surface area contributed by atoms with E-state index in [4.69, 9.17) is 9.47 Å². The number of carbonyl (C=O) groups excluding carboxylic acids is 1. The molecule has 1 aliphatic heterocycles. The molecular weight excluding hydrogens is 268 g/mol. The monoisotopic (exact) mass is 284 g/mol. The minimum absolute atomic E-state index is 0.0877. The maximum Gasteiger partial charge on any atom is 0.186 e. The van der Waals surface area contributed by atoms with Gasteiger partial charge < -0.3 is 9.47 Å². The van der Waals surface area contributed by atoms with Gasteiger partial charge in [0, 0.05) is 18.3 Å². The zero-order valence-electron chi connectivity index (χ0n) is 12.0. The van der Waals surface area contributed by atoms with E-state index in [1.54, 1.807) is 29.0 Å². The van der Waals surface area contributed by atoms with Crippen molar-refractivity contribution in [1.29, 1.82) is 0 Å². The highest BCUT2D eigenvalue weighted by Gasteiger charge is 2.13. The van der Waals surface area contributed by atoms with E-state index in [9.17, 15) is 4.79 Å². The Balaban J connectivity index is 1.79. The molecule has 0 N–H and O–H groups in total. The lowest BCUT2D eigenvalue weighted by atomic mass is 10.1. The Bertz CT molecular complexity index is 697. The summed E-state index contributed by atoms with van der Waals surface area (Å²) in [7, 11) is 1.87. The predicted octanol–water partition coefficient (Wildman–Crippen LogP) is 2.40. The first kappa shape index (κ1) is 13.4. The molecule has 0 saturated heterocycles. The van der Waals surface area contributed by atoms with E-state index in [1.807, 2.05) is 20.0 Å². The first-order chi connectivity index (χ1) is 10.1. The first-order valence-electron chi connectivity index (χ1n) is 6.76. The smallest absolute Gasteiger partial charge is 0.186 e. The van der Waals surface area contributed by atoms with Gasteiger partial charge in [-0.15, -0.1) is 0 Å². The second-order valence-corrected chi connectivity index (χ2v) is 4.89. The van der Waals surface area contributed by atoms with E-state index in [2.05, 4.69) is 5.10 Å². The number of aromatic nitrogens is 2.